The van der Waals surface area contributed by atoms with Crippen LogP contribution in [0, 0.1) is 0 Å². The number of hydrogen-bond donors (Lipinski definition) is 1. The minimum Gasteiger partial charge on any atom is -0.366 e. The Hall–Kier alpha value is -3.78. The number of benzene rings is 2. The lowest BCUT2D eigenvalue weighted by Crippen LogP contribution is -2.11. The molecule has 2 N–H and O–H groups in total. The van der Waals surface area contributed by atoms with Crippen LogP contribution in [0.4, 0.5) is 13.2 Å². The van der Waals surface area contributed by atoms with Crippen LogP contribution >= 0.6 is 0 Å². The molecule has 29 heavy (non-hydrogen) atoms. The highest BCUT2D eigenvalue weighted by Gasteiger charge is 2.35. The summed E-state index contributed by atoms with van der Waals surface area (Å²) in [6.45, 7) is 0.290. The summed E-state index contributed by atoms with van der Waals surface area (Å²) in [6, 6.07) is 13.6. The van der Waals surface area contributed by atoms with E-state index >= 15 is 0 Å². The Balaban J connectivity index is 2.02. The van der Waals surface area contributed by atoms with Gasteiger partial charge in [0.2, 0.25) is 5.91 Å². The van der Waals surface area contributed by atoms with Gasteiger partial charge in [0.05, 0.1) is 11.4 Å². The number of nitrogens with zero attached hydrogens (tertiary/aromatic N) is 5. The maximum Gasteiger partial charge on any atom is 0.435 e. The zero-order valence-corrected chi connectivity index (χ0v) is 15.0. The van der Waals surface area contributed by atoms with Crippen molar-refractivity contribution in [3.05, 3.63) is 81.9 Å². The van der Waals surface area contributed by atoms with Crippen molar-refractivity contribution in [1.82, 2.24) is 9.78 Å². The van der Waals surface area contributed by atoms with Crippen molar-refractivity contribution >= 4 is 5.91 Å². The predicted molar refractivity (Wildman–Crippen MR) is 100 cm³/mol. The van der Waals surface area contributed by atoms with Crippen LogP contribution in [0.5, 0.6) is 0 Å². The molecule has 0 aliphatic carbocycles. The summed E-state index contributed by atoms with van der Waals surface area (Å²) < 4.78 is 40.9. The van der Waals surface area contributed by atoms with Gasteiger partial charge in [0, 0.05) is 22.6 Å². The number of alkyl halides is 3. The van der Waals surface area contributed by atoms with Gasteiger partial charge in [-0.2, -0.15) is 18.3 Å². The number of aromatic nitrogens is 2. The van der Waals surface area contributed by atoms with Crippen LogP contribution < -0.4 is 5.73 Å². The summed E-state index contributed by atoms with van der Waals surface area (Å²) in [5, 5.41) is 7.17. The molecule has 1 aromatic heterocycles. The number of rotatable bonds is 6. The van der Waals surface area contributed by atoms with Crippen LogP contribution in [0.1, 0.15) is 21.6 Å². The summed E-state index contributed by atoms with van der Waals surface area (Å²) in [5.74, 6) is -0.635. The Morgan fingerprint density at radius 2 is 1.79 bits per heavy atom. The van der Waals surface area contributed by atoms with E-state index in [1.807, 2.05) is 0 Å². The fourth-order valence-corrected chi connectivity index (χ4v) is 2.75. The van der Waals surface area contributed by atoms with Crippen molar-refractivity contribution in [3.63, 3.8) is 0 Å². The summed E-state index contributed by atoms with van der Waals surface area (Å²) in [5.41, 5.74) is 14.7. The second-order valence-corrected chi connectivity index (χ2v) is 6.14. The molecule has 0 bridgehead atoms. The van der Waals surface area contributed by atoms with Gasteiger partial charge in [0.15, 0.2) is 5.69 Å². The Kier molecular flexibility index (Phi) is 5.56. The number of nitrogens with two attached hydrogens (primary N) is 1. The first-order valence-corrected chi connectivity index (χ1v) is 8.47. The Bertz CT molecular complexity index is 1060. The molecule has 0 aliphatic heterocycles. The SMILES string of the molecule is [N-]=[N+]=NCCc1ccc(-c2cc(C(F)(F)F)nn2-c2ccc(C(N)=O)cc2)cc1. The van der Waals surface area contributed by atoms with Gasteiger partial charge in [-0.05, 0) is 47.8 Å². The molecule has 0 aliphatic rings. The van der Waals surface area contributed by atoms with Crippen LogP contribution in [0.25, 0.3) is 27.4 Å². The Morgan fingerprint density at radius 1 is 1.14 bits per heavy atom. The molecule has 1 heterocycles. The molecule has 3 aromatic rings. The number of carbonyl (C=O) groups is 1. The van der Waals surface area contributed by atoms with Gasteiger partial charge >= 0.3 is 6.18 Å². The fraction of sp³-hybridized carbons (Fsp3) is 0.158. The summed E-state index contributed by atoms with van der Waals surface area (Å²) in [4.78, 5) is 13.9. The Labute approximate surface area is 163 Å². The average molecular weight is 400 g/mol. The van der Waals surface area contributed by atoms with E-state index in [4.69, 9.17) is 11.3 Å². The highest BCUT2D eigenvalue weighted by atomic mass is 19.4. The number of azide groups is 1. The minimum absolute atomic E-state index is 0.239. The van der Waals surface area contributed by atoms with Gasteiger partial charge in [0.1, 0.15) is 0 Å². The lowest BCUT2D eigenvalue weighted by Gasteiger charge is -2.09. The molecular weight excluding hydrogens is 385 g/mol. The topological polar surface area (TPSA) is 110 Å². The predicted octanol–water partition coefficient (Wildman–Crippen LogP) is 4.51. The zero-order chi connectivity index (χ0) is 21.0. The molecule has 0 radical (unpaired) electrons. The molecule has 0 saturated heterocycles. The first kappa shape index (κ1) is 20.0. The van der Waals surface area contributed by atoms with Crippen molar-refractivity contribution in [2.75, 3.05) is 6.54 Å². The average Bonchev–Trinajstić information content (AvgIpc) is 3.15. The summed E-state index contributed by atoms with van der Waals surface area (Å²) in [6.07, 6.45) is -4.09. The molecule has 148 valence electrons. The quantitative estimate of drug-likeness (QED) is 0.373. The smallest absolute Gasteiger partial charge is 0.366 e. The molecular formula is C19H15F3N6O. The fourth-order valence-electron chi connectivity index (χ4n) is 2.75. The first-order chi connectivity index (χ1) is 13.8. The van der Waals surface area contributed by atoms with Gasteiger partial charge < -0.3 is 5.73 Å². The number of carbonyl (C=O) groups excluding carboxylic acids is 1. The van der Waals surface area contributed by atoms with Crippen molar-refractivity contribution < 1.29 is 18.0 Å². The lowest BCUT2D eigenvalue weighted by molar-refractivity contribution is -0.141. The molecule has 2 aromatic carbocycles. The van der Waals surface area contributed by atoms with E-state index in [1.54, 1.807) is 24.3 Å². The second-order valence-electron chi connectivity index (χ2n) is 6.14. The molecule has 0 fully saturated rings. The third-order valence-corrected chi connectivity index (χ3v) is 4.21. The largest absolute Gasteiger partial charge is 0.435 e. The van der Waals surface area contributed by atoms with Crippen LogP contribution in [0.15, 0.2) is 59.7 Å². The summed E-state index contributed by atoms with van der Waals surface area (Å²) in [7, 11) is 0. The second kappa shape index (κ2) is 8.07. The molecule has 7 nitrogen and oxygen atoms in total. The van der Waals surface area contributed by atoms with Crippen LogP contribution in [0.2, 0.25) is 0 Å². The van der Waals surface area contributed by atoms with E-state index in [2.05, 4.69) is 15.1 Å². The first-order valence-electron chi connectivity index (χ1n) is 8.47. The van der Waals surface area contributed by atoms with Crippen molar-refractivity contribution in [3.8, 4) is 16.9 Å². The zero-order valence-electron chi connectivity index (χ0n) is 15.0. The maximum absolute atomic E-state index is 13.2. The maximum atomic E-state index is 13.2. The third-order valence-electron chi connectivity index (χ3n) is 4.21. The number of hydrogen-bond acceptors (Lipinski definition) is 3. The van der Waals surface area contributed by atoms with Crippen LogP contribution in [0.3, 0.4) is 0 Å². The Morgan fingerprint density at radius 3 is 2.34 bits per heavy atom. The number of halogens is 3. The van der Waals surface area contributed by atoms with Crippen molar-refractivity contribution in [1.29, 1.82) is 0 Å². The molecule has 3 rings (SSSR count). The molecule has 10 heteroatoms. The van der Waals surface area contributed by atoms with E-state index in [1.165, 1.54) is 28.9 Å². The van der Waals surface area contributed by atoms with Gasteiger partial charge in [-0.3, -0.25) is 4.79 Å². The van der Waals surface area contributed by atoms with Gasteiger partial charge in [-0.1, -0.05) is 29.4 Å². The van der Waals surface area contributed by atoms with E-state index < -0.39 is 17.8 Å². The van der Waals surface area contributed by atoms with E-state index in [0.717, 1.165) is 11.6 Å². The molecule has 0 atom stereocenters. The van der Waals surface area contributed by atoms with Gasteiger partial charge in [-0.15, -0.1) is 0 Å². The van der Waals surface area contributed by atoms with Crippen molar-refractivity contribution in [2.24, 2.45) is 10.8 Å². The monoisotopic (exact) mass is 400 g/mol. The van der Waals surface area contributed by atoms with E-state index in [0.29, 0.717) is 17.7 Å². The highest BCUT2D eigenvalue weighted by Crippen LogP contribution is 2.33. The number of amides is 1. The van der Waals surface area contributed by atoms with Gasteiger partial charge in [0.25, 0.3) is 0 Å². The van der Waals surface area contributed by atoms with Crippen LogP contribution in [-0.4, -0.2) is 22.2 Å². The molecule has 0 spiro atoms. The third kappa shape index (κ3) is 4.56. The number of primary amides is 1. The molecule has 0 unspecified atom stereocenters. The minimum atomic E-state index is -4.61. The highest BCUT2D eigenvalue weighted by molar-refractivity contribution is 5.92. The van der Waals surface area contributed by atoms with E-state index in [9.17, 15) is 18.0 Å². The van der Waals surface area contributed by atoms with Gasteiger partial charge in [-0.25, -0.2) is 4.68 Å². The van der Waals surface area contributed by atoms with E-state index in [-0.39, 0.29) is 17.8 Å². The normalized spacial score (nSPS) is 11.1. The standard InChI is InChI=1S/C19H15F3N6O/c20-19(21,22)17-11-16(13-3-1-12(2-4-13)9-10-25-27-24)28(26-17)15-7-5-14(6-8-15)18(23)29/h1-8,11H,9-10H2,(H2,23,29). The molecule has 0 saturated carbocycles. The van der Waals surface area contributed by atoms with Crippen LogP contribution in [-0.2, 0) is 12.6 Å². The lowest BCUT2D eigenvalue weighted by atomic mass is 10.1. The summed E-state index contributed by atoms with van der Waals surface area (Å²) >= 11 is 0. The van der Waals surface area contributed by atoms with Crippen molar-refractivity contribution in [2.45, 2.75) is 12.6 Å². The molecule has 1 amide bonds.